The second-order valence-electron chi connectivity index (χ2n) is 4.76. The fourth-order valence-electron chi connectivity index (χ4n) is 2.51. The van der Waals surface area contributed by atoms with Crippen LogP contribution in [0.4, 0.5) is 0 Å². The van der Waals surface area contributed by atoms with E-state index in [1.807, 2.05) is 11.3 Å². The van der Waals surface area contributed by atoms with E-state index in [-0.39, 0.29) is 0 Å². The van der Waals surface area contributed by atoms with E-state index in [2.05, 4.69) is 51.4 Å². The first-order valence-corrected chi connectivity index (χ1v) is 9.08. The SMILES string of the molecule is CSC1(CNCc2ccc(Br)s2)CCCCC1. The van der Waals surface area contributed by atoms with Gasteiger partial charge in [-0.05, 0) is 47.2 Å². The van der Waals surface area contributed by atoms with Crippen LogP contribution in [0.1, 0.15) is 37.0 Å². The summed E-state index contributed by atoms with van der Waals surface area (Å²) in [6, 6.07) is 4.33. The minimum atomic E-state index is 0.507. The van der Waals surface area contributed by atoms with Gasteiger partial charge in [0, 0.05) is 22.7 Å². The van der Waals surface area contributed by atoms with Crippen molar-refractivity contribution < 1.29 is 0 Å². The molecule has 0 bridgehead atoms. The van der Waals surface area contributed by atoms with Crippen LogP contribution in [0.25, 0.3) is 0 Å². The minimum absolute atomic E-state index is 0.507. The van der Waals surface area contributed by atoms with E-state index < -0.39 is 0 Å². The molecular weight excluding hydrogens is 314 g/mol. The Hall–Kier alpha value is 0.490. The van der Waals surface area contributed by atoms with Crippen molar-refractivity contribution in [1.82, 2.24) is 5.32 Å². The van der Waals surface area contributed by atoms with Gasteiger partial charge in [0.1, 0.15) is 0 Å². The molecular formula is C13H20BrNS2. The zero-order valence-electron chi connectivity index (χ0n) is 10.3. The van der Waals surface area contributed by atoms with Gasteiger partial charge in [0.15, 0.2) is 0 Å². The van der Waals surface area contributed by atoms with Gasteiger partial charge in [-0.25, -0.2) is 0 Å². The minimum Gasteiger partial charge on any atom is -0.310 e. The van der Waals surface area contributed by atoms with Gasteiger partial charge in [-0.2, -0.15) is 11.8 Å². The van der Waals surface area contributed by atoms with Gasteiger partial charge >= 0.3 is 0 Å². The number of hydrogen-bond donors (Lipinski definition) is 1. The van der Waals surface area contributed by atoms with Gasteiger partial charge in [-0.15, -0.1) is 11.3 Å². The summed E-state index contributed by atoms with van der Waals surface area (Å²) < 4.78 is 1.73. The molecule has 1 aliphatic carbocycles. The lowest BCUT2D eigenvalue weighted by Crippen LogP contribution is -2.38. The summed E-state index contributed by atoms with van der Waals surface area (Å²) in [5.74, 6) is 0. The Morgan fingerprint density at radius 3 is 2.71 bits per heavy atom. The van der Waals surface area contributed by atoms with Gasteiger partial charge in [0.05, 0.1) is 3.79 Å². The lowest BCUT2D eigenvalue weighted by molar-refractivity contribution is 0.380. The Morgan fingerprint density at radius 2 is 2.12 bits per heavy atom. The third kappa shape index (κ3) is 3.98. The van der Waals surface area contributed by atoms with E-state index in [4.69, 9.17) is 0 Å². The van der Waals surface area contributed by atoms with Crippen molar-refractivity contribution in [2.45, 2.75) is 43.4 Å². The number of thioether (sulfide) groups is 1. The summed E-state index contributed by atoms with van der Waals surface area (Å²) in [6.07, 6.45) is 9.29. The normalized spacial score (nSPS) is 19.4. The van der Waals surface area contributed by atoms with Crippen LogP contribution in [0.15, 0.2) is 15.9 Å². The van der Waals surface area contributed by atoms with Crippen LogP contribution in [0, 0.1) is 0 Å². The maximum Gasteiger partial charge on any atom is 0.0701 e. The molecule has 0 aromatic carbocycles. The van der Waals surface area contributed by atoms with Crippen molar-refractivity contribution in [2.75, 3.05) is 12.8 Å². The summed E-state index contributed by atoms with van der Waals surface area (Å²) in [5, 5.41) is 3.65. The van der Waals surface area contributed by atoms with Gasteiger partial charge in [-0.1, -0.05) is 19.3 Å². The van der Waals surface area contributed by atoms with Gasteiger partial charge in [0.2, 0.25) is 0 Å². The van der Waals surface area contributed by atoms with Crippen LogP contribution >= 0.6 is 39.0 Å². The van der Waals surface area contributed by atoms with E-state index >= 15 is 0 Å². The van der Waals surface area contributed by atoms with Gasteiger partial charge in [-0.3, -0.25) is 0 Å². The Kier molecular flexibility index (Phi) is 5.40. The second kappa shape index (κ2) is 6.60. The topological polar surface area (TPSA) is 12.0 Å². The second-order valence-corrected chi connectivity index (χ2v) is 8.58. The summed E-state index contributed by atoms with van der Waals surface area (Å²) in [4.78, 5) is 1.42. The average molecular weight is 334 g/mol. The summed E-state index contributed by atoms with van der Waals surface area (Å²) in [7, 11) is 0. The molecule has 96 valence electrons. The Bertz CT molecular complexity index is 345. The summed E-state index contributed by atoms with van der Waals surface area (Å²) >= 11 is 7.40. The average Bonchev–Trinajstić information content (AvgIpc) is 2.76. The van der Waals surface area contributed by atoms with Crippen molar-refractivity contribution in [2.24, 2.45) is 0 Å². The first kappa shape index (κ1) is 13.9. The highest BCUT2D eigenvalue weighted by Crippen LogP contribution is 2.38. The molecule has 0 amide bonds. The first-order chi connectivity index (χ1) is 8.24. The zero-order chi connectivity index (χ0) is 12.1. The highest BCUT2D eigenvalue weighted by atomic mass is 79.9. The molecule has 1 aromatic rings. The van der Waals surface area contributed by atoms with Crippen LogP contribution in [0.3, 0.4) is 0 Å². The number of hydrogen-bond acceptors (Lipinski definition) is 3. The molecule has 0 unspecified atom stereocenters. The van der Waals surface area contributed by atoms with Crippen LogP contribution < -0.4 is 5.32 Å². The quantitative estimate of drug-likeness (QED) is 0.840. The fourth-order valence-corrected chi connectivity index (χ4v) is 4.91. The number of thiophene rings is 1. The number of rotatable bonds is 5. The standard InChI is InChI=1S/C13H20BrNS2/c1-16-13(7-3-2-4-8-13)10-15-9-11-5-6-12(14)17-11/h5-6,15H,2-4,7-10H2,1H3. The van der Waals surface area contributed by atoms with Crippen molar-refractivity contribution in [3.8, 4) is 0 Å². The van der Waals surface area contributed by atoms with Crippen molar-refractivity contribution >= 4 is 39.0 Å². The summed E-state index contributed by atoms with van der Waals surface area (Å²) in [5.41, 5.74) is 0. The predicted octanol–water partition coefficient (Wildman–Crippen LogP) is 4.67. The van der Waals surface area contributed by atoms with Crippen LogP contribution in [-0.2, 0) is 6.54 Å². The molecule has 1 fully saturated rings. The third-order valence-corrected chi connectivity index (χ3v) is 6.62. The zero-order valence-corrected chi connectivity index (χ0v) is 13.5. The molecule has 0 saturated heterocycles. The predicted molar refractivity (Wildman–Crippen MR) is 83.1 cm³/mol. The fraction of sp³-hybridized carbons (Fsp3) is 0.692. The highest BCUT2D eigenvalue weighted by Gasteiger charge is 2.30. The van der Waals surface area contributed by atoms with Crippen LogP contribution in [0.5, 0.6) is 0 Å². The van der Waals surface area contributed by atoms with E-state index in [0.717, 1.165) is 13.1 Å². The largest absolute Gasteiger partial charge is 0.310 e. The molecule has 0 atom stereocenters. The van der Waals surface area contributed by atoms with E-state index in [0.29, 0.717) is 4.75 Å². The van der Waals surface area contributed by atoms with E-state index in [1.165, 1.54) is 40.8 Å². The molecule has 0 aliphatic heterocycles. The van der Waals surface area contributed by atoms with Crippen molar-refractivity contribution in [3.63, 3.8) is 0 Å². The molecule has 1 aromatic heterocycles. The maximum atomic E-state index is 3.65. The first-order valence-electron chi connectivity index (χ1n) is 6.24. The van der Waals surface area contributed by atoms with Crippen LogP contribution in [-0.4, -0.2) is 17.5 Å². The smallest absolute Gasteiger partial charge is 0.0701 e. The lowest BCUT2D eigenvalue weighted by atomic mass is 9.88. The molecule has 0 spiro atoms. The van der Waals surface area contributed by atoms with Crippen LogP contribution in [0.2, 0.25) is 0 Å². The molecule has 1 heterocycles. The molecule has 4 heteroatoms. The number of halogens is 1. The van der Waals surface area contributed by atoms with Crippen molar-refractivity contribution in [1.29, 1.82) is 0 Å². The molecule has 1 N–H and O–H groups in total. The molecule has 1 aliphatic rings. The molecule has 2 rings (SSSR count). The highest BCUT2D eigenvalue weighted by molar-refractivity contribution is 9.11. The maximum absolute atomic E-state index is 3.65. The molecule has 17 heavy (non-hydrogen) atoms. The Balaban J connectivity index is 1.79. The molecule has 0 radical (unpaired) electrons. The monoisotopic (exact) mass is 333 g/mol. The van der Waals surface area contributed by atoms with Gasteiger partial charge in [0.25, 0.3) is 0 Å². The summed E-state index contributed by atoms with van der Waals surface area (Å²) in [6.45, 7) is 2.17. The number of nitrogens with one attached hydrogen (secondary N) is 1. The van der Waals surface area contributed by atoms with Gasteiger partial charge < -0.3 is 5.32 Å². The van der Waals surface area contributed by atoms with Crippen molar-refractivity contribution in [3.05, 3.63) is 20.8 Å². The molecule has 1 nitrogen and oxygen atoms in total. The third-order valence-electron chi connectivity index (χ3n) is 3.57. The van der Waals surface area contributed by atoms with E-state index in [1.54, 1.807) is 0 Å². The van der Waals surface area contributed by atoms with E-state index in [9.17, 15) is 0 Å². The lowest BCUT2D eigenvalue weighted by Gasteiger charge is -2.36. The molecule has 1 saturated carbocycles. The Labute approximate surface area is 121 Å². The Morgan fingerprint density at radius 1 is 1.35 bits per heavy atom.